The van der Waals surface area contributed by atoms with Crippen molar-refractivity contribution < 1.29 is 13.2 Å². The van der Waals surface area contributed by atoms with Crippen LogP contribution in [-0.2, 0) is 15.4 Å². The van der Waals surface area contributed by atoms with Crippen LogP contribution in [-0.4, -0.2) is 15.0 Å². The first-order chi connectivity index (χ1) is 8.07. The van der Waals surface area contributed by atoms with Crippen molar-refractivity contribution in [3.63, 3.8) is 0 Å². The molecule has 0 unspecified atom stereocenters. The van der Waals surface area contributed by atoms with Crippen LogP contribution in [0.1, 0.15) is 38.8 Å². The Morgan fingerprint density at radius 1 is 1.28 bits per heavy atom. The predicted molar refractivity (Wildman–Crippen MR) is 72.4 cm³/mol. The number of primary sulfonamides is 1. The first-order valence-corrected chi connectivity index (χ1v) is 7.42. The Morgan fingerprint density at radius 3 is 2.22 bits per heavy atom. The maximum Gasteiger partial charge on any atom is 0.238 e. The average Bonchev–Trinajstić information content (AvgIpc) is 2.13. The Morgan fingerprint density at radius 2 is 1.83 bits per heavy atom. The van der Waals surface area contributed by atoms with E-state index in [1.165, 1.54) is 0 Å². The molecule has 0 bridgehead atoms. The van der Waals surface area contributed by atoms with Gasteiger partial charge in [0.2, 0.25) is 10.0 Å². The van der Waals surface area contributed by atoms with Crippen molar-refractivity contribution in [2.75, 3.05) is 6.61 Å². The molecule has 0 aliphatic heterocycles. The molecule has 0 spiro atoms. The fourth-order valence-electron chi connectivity index (χ4n) is 1.83. The van der Waals surface area contributed by atoms with E-state index in [2.05, 4.69) is 0 Å². The molecule has 0 fully saturated rings. The summed E-state index contributed by atoms with van der Waals surface area (Å²) in [7, 11) is -3.70. The Balaban J connectivity index is 3.56. The molecular weight excluding hydrogens is 250 g/mol. The molecule has 0 heterocycles. The highest BCUT2D eigenvalue weighted by Crippen LogP contribution is 2.34. The van der Waals surface area contributed by atoms with E-state index in [1.807, 2.05) is 27.7 Å². The molecule has 0 saturated carbocycles. The number of aryl methyl sites for hydroxylation is 1. The van der Waals surface area contributed by atoms with E-state index in [-0.39, 0.29) is 10.3 Å². The van der Waals surface area contributed by atoms with Crippen LogP contribution >= 0.6 is 0 Å². The topological polar surface area (TPSA) is 69.4 Å². The zero-order chi connectivity index (χ0) is 14.1. The van der Waals surface area contributed by atoms with Gasteiger partial charge >= 0.3 is 0 Å². The fraction of sp³-hybridized carbons (Fsp3) is 0.538. The Hall–Kier alpha value is -1.07. The molecule has 1 rings (SSSR count). The molecule has 0 aliphatic carbocycles. The number of nitrogens with two attached hydrogens (primary N) is 1. The third-order valence-corrected chi connectivity index (χ3v) is 3.74. The van der Waals surface area contributed by atoms with Gasteiger partial charge in [0, 0.05) is 5.56 Å². The maximum atomic E-state index is 11.5. The monoisotopic (exact) mass is 271 g/mol. The van der Waals surface area contributed by atoms with Crippen molar-refractivity contribution in [3.8, 4) is 5.75 Å². The molecule has 1 aromatic carbocycles. The molecule has 0 radical (unpaired) electrons. The summed E-state index contributed by atoms with van der Waals surface area (Å²) in [6.45, 7) is 10.2. The number of ether oxygens (including phenoxy) is 1. The van der Waals surface area contributed by atoms with Gasteiger partial charge in [-0.1, -0.05) is 20.8 Å². The van der Waals surface area contributed by atoms with E-state index < -0.39 is 10.0 Å². The second kappa shape index (κ2) is 4.90. The van der Waals surface area contributed by atoms with Crippen LogP contribution in [0.4, 0.5) is 0 Å². The lowest BCUT2D eigenvalue weighted by atomic mass is 9.86. The van der Waals surface area contributed by atoms with Crippen molar-refractivity contribution in [1.29, 1.82) is 0 Å². The van der Waals surface area contributed by atoms with Gasteiger partial charge < -0.3 is 4.74 Å². The number of hydrogen-bond donors (Lipinski definition) is 1. The summed E-state index contributed by atoms with van der Waals surface area (Å²) >= 11 is 0. The molecule has 102 valence electrons. The van der Waals surface area contributed by atoms with Gasteiger partial charge in [-0.15, -0.1) is 0 Å². The lowest BCUT2D eigenvalue weighted by Crippen LogP contribution is -2.18. The smallest absolute Gasteiger partial charge is 0.238 e. The summed E-state index contributed by atoms with van der Waals surface area (Å²) in [5.74, 6) is 0.718. The van der Waals surface area contributed by atoms with E-state index >= 15 is 0 Å². The van der Waals surface area contributed by atoms with Crippen molar-refractivity contribution in [2.45, 2.75) is 44.9 Å². The molecule has 5 heteroatoms. The third-order valence-electron chi connectivity index (χ3n) is 2.69. The van der Waals surface area contributed by atoms with Crippen LogP contribution in [0.25, 0.3) is 0 Å². The van der Waals surface area contributed by atoms with E-state index in [4.69, 9.17) is 9.88 Å². The molecule has 0 saturated heterocycles. The zero-order valence-corrected chi connectivity index (χ0v) is 12.4. The van der Waals surface area contributed by atoms with Crippen LogP contribution in [0.15, 0.2) is 17.0 Å². The Bertz CT molecular complexity index is 542. The van der Waals surface area contributed by atoms with Gasteiger partial charge in [-0.2, -0.15) is 0 Å². The summed E-state index contributed by atoms with van der Waals surface area (Å²) in [5, 5.41) is 5.23. The number of sulfonamides is 1. The molecule has 0 amide bonds. The maximum absolute atomic E-state index is 11.5. The molecule has 4 nitrogen and oxygen atoms in total. The molecular formula is C13H21NO3S. The molecule has 0 aliphatic rings. The minimum Gasteiger partial charge on any atom is -0.494 e. The number of benzene rings is 1. The van der Waals surface area contributed by atoms with E-state index in [9.17, 15) is 8.42 Å². The van der Waals surface area contributed by atoms with Crippen LogP contribution in [0.3, 0.4) is 0 Å². The van der Waals surface area contributed by atoms with Gasteiger partial charge in [-0.3, -0.25) is 0 Å². The third kappa shape index (κ3) is 3.23. The SMILES string of the molecule is CCOc1cc(C)c(S(N)(=O)=O)cc1C(C)(C)C. The Labute approximate surface area is 109 Å². The first-order valence-electron chi connectivity index (χ1n) is 5.88. The summed E-state index contributed by atoms with van der Waals surface area (Å²) in [4.78, 5) is 0.163. The molecule has 0 atom stereocenters. The standard InChI is InChI=1S/C13H21NO3S/c1-6-17-11-7-9(2)12(18(14,15)16)8-10(11)13(3,4)5/h7-8H,6H2,1-5H3,(H2,14,15,16). The summed E-state index contributed by atoms with van der Waals surface area (Å²) in [5.41, 5.74) is 1.24. The highest BCUT2D eigenvalue weighted by Gasteiger charge is 2.23. The van der Waals surface area contributed by atoms with Crippen LogP contribution in [0.2, 0.25) is 0 Å². The summed E-state index contributed by atoms with van der Waals surface area (Å²) < 4.78 is 28.7. The van der Waals surface area contributed by atoms with Crippen LogP contribution in [0, 0.1) is 6.92 Å². The zero-order valence-electron chi connectivity index (χ0n) is 11.6. The van der Waals surface area contributed by atoms with Crippen LogP contribution < -0.4 is 9.88 Å². The highest BCUT2D eigenvalue weighted by molar-refractivity contribution is 7.89. The van der Waals surface area contributed by atoms with E-state index in [0.717, 1.165) is 11.3 Å². The van der Waals surface area contributed by atoms with Gasteiger partial charge in [0.15, 0.2) is 0 Å². The lowest BCUT2D eigenvalue weighted by molar-refractivity contribution is 0.329. The highest BCUT2D eigenvalue weighted by atomic mass is 32.2. The normalized spacial score (nSPS) is 12.6. The van der Waals surface area contributed by atoms with E-state index in [1.54, 1.807) is 19.1 Å². The quantitative estimate of drug-likeness (QED) is 0.917. The second-order valence-electron chi connectivity index (χ2n) is 5.34. The molecule has 2 N–H and O–H groups in total. The van der Waals surface area contributed by atoms with Gasteiger partial charge in [0.25, 0.3) is 0 Å². The average molecular weight is 271 g/mol. The van der Waals surface area contributed by atoms with Crippen molar-refractivity contribution >= 4 is 10.0 Å². The largest absolute Gasteiger partial charge is 0.494 e. The van der Waals surface area contributed by atoms with Gasteiger partial charge in [0.1, 0.15) is 5.75 Å². The van der Waals surface area contributed by atoms with Crippen molar-refractivity contribution in [3.05, 3.63) is 23.3 Å². The van der Waals surface area contributed by atoms with Gasteiger partial charge in [-0.25, -0.2) is 13.6 Å². The summed E-state index contributed by atoms with van der Waals surface area (Å²) in [6, 6.07) is 3.36. The number of hydrogen-bond acceptors (Lipinski definition) is 3. The second-order valence-corrected chi connectivity index (χ2v) is 6.87. The minimum atomic E-state index is -3.70. The van der Waals surface area contributed by atoms with Crippen LogP contribution in [0.5, 0.6) is 5.75 Å². The van der Waals surface area contributed by atoms with Gasteiger partial charge in [0.05, 0.1) is 11.5 Å². The molecule has 0 aromatic heterocycles. The van der Waals surface area contributed by atoms with Gasteiger partial charge in [-0.05, 0) is 37.0 Å². The Kier molecular flexibility index (Phi) is 4.08. The molecule has 18 heavy (non-hydrogen) atoms. The minimum absolute atomic E-state index is 0.163. The van der Waals surface area contributed by atoms with Crippen molar-refractivity contribution in [2.24, 2.45) is 5.14 Å². The predicted octanol–water partition coefficient (Wildman–Crippen LogP) is 2.34. The van der Waals surface area contributed by atoms with Crippen molar-refractivity contribution in [1.82, 2.24) is 0 Å². The van der Waals surface area contributed by atoms with E-state index in [0.29, 0.717) is 12.2 Å². The molecule has 1 aromatic rings. The fourth-order valence-corrected chi connectivity index (χ4v) is 2.62. The summed E-state index contributed by atoms with van der Waals surface area (Å²) in [6.07, 6.45) is 0. The number of rotatable bonds is 3. The lowest BCUT2D eigenvalue weighted by Gasteiger charge is -2.24. The first kappa shape index (κ1) is 15.0.